The molecule has 0 aliphatic carbocycles. The Hall–Kier alpha value is -1.23. The smallest absolute Gasteiger partial charge is 0.168 e. The van der Waals surface area contributed by atoms with Crippen molar-refractivity contribution in [3.8, 4) is 0 Å². The molecule has 5 heteroatoms. The van der Waals surface area contributed by atoms with Gasteiger partial charge in [-0.25, -0.2) is 13.8 Å². The van der Waals surface area contributed by atoms with Crippen LogP contribution in [0.15, 0.2) is 12.3 Å². The summed E-state index contributed by atoms with van der Waals surface area (Å²) in [5.41, 5.74) is 0. The fraction of sp³-hybridized carbons (Fsp3) is 0.583. The summed E-state index contributed by atoms with van der Waals surface area (Å²) in [7, 11) is 0. The van der Waals surface area contributed by atoms with E-state index in [9.17, 15) is 8.78 Å². The van der Waals surface area contributed by atoms with Gasteiger partial charge in [0.15, 0.2) is 11.6 Å². The summed E-state index contributed by atoms with van der Waals surface area (Å²) in [4.78, 5) is 3.61. The molecule has 1 aromatic rings. The lowest BCUT2D eigenvalue weighted by Crippen LogP contribution is -2.12. The molecule has 17 heavy (non-hydrogen) atoms. The van der Waals surface area contributed by atoms with E-state index in [-0.39, 0.29) is 5.82 Å². The Morgan fingerprint density at radius 2 is 2.12 bits per heavy atom. The number of ether oxygens (including phenoxy) is 1. The lowest BCUT2D eigenvalue weighted by Gasteiger charge is -2.08. The molecular weight excluding hydrogens is 226 g/mol. The van der Waals surface area contributed by atoms with Crippen molar-refractivity contribution in [1.29, 1.82) is 0 Å². The van der Waals surface area contributed by atoms with Gasteiger partial charge in [-0.1, -0.05) is 13.8 Å². The Bertz CT molecular complexity index is 345. The maximum Gasteiger partial charge on any atom is 0.168 e. The van der Waals surface area contributed by atoms with Crippen molar-refractivity contribution in [2.24, 2.45) is 5.92 Å². The van der Waals surface area contributed by atoms with Gasteiger partial charge in [0.25, 0.3) is 0 Å². The summed E-state index contributed by atoms with van der Waals surface area (Å²) in [6.07, 6.45) is 1.98. The maximum absolute atomic E-state index is 13.1. The fourth-order valence-corrected chi connectivity index (χ4v) is 1.21. The van der Waals surface area contributed by atoms with E-state index in [0.717, 1.165) is 18.7 Å². The molecule has 0 spiro atoms. The van der Waals surface area contributed by atoms with Crippen molar-refractivity contribution in [3.05, 3.63) is 23.9 Å². The van der Waals surface area contributed by atoms with E-state index in [2.05, 4.69) is 24.1 Å². The van der Waals surface area contributed by atoms with Crippen LogP contribution in [0.3, 0.4) is 0 Å². The highest BCUT2D eigenvalue weighted by Gasteiger charge is 2.04. The zero-order chi connectivity index (χ0) is 12.7. The van der Waals surface area contributed by atoms with Gasteiger partial charge in [-0.2, -0.15) is 0 Å². The lowest BCUT2D eigenvalue weighted by molar-refractivity contribution is 0.132. The molecule has 0 saturated heterocycles. The molecule has 0 amide bonds. The van der Waals surface area contributed by atoms with Crippen molar-refractivity contribution >= 4 is 5.82 Å². The molecule has 0 aromatic carbocycles. The topological polar surface area (TPSA) is 34.1 Å². The number of halogens is 2. The normalized spacial score (nSPS) is 10.9. The Kier molecular flexibility index (Phi) is 5.83. The quantitative estimate of drug-likeness (QED) is 0.749. The first-order valence-corrected chi connectivity index (χ1v) is 5.72. The van der Waals surface area contributed by atoms with Crippen molar-refractivity contribution in [1.82, 2.24) is 4.98 Å². The minimum Gasteiger partial charge on any atom is -0.380 e. The van der Waals surface area contributed by atoms with Gasteiger partial charge in [0, 0.05) is 19.2 Å². The second-order valence-electron chi connectivity index (χ2n) is 4.21. The summed E-state index contributed by atoms with van der Waals surface area (Å²) in [5, 5.41) is 2.75. The van der Waals surface area contributed by atoms with Gasteiger partial charge < -0.3 is 10.1 Å². The van der Waals surface area contributed by atoms with E-state index in [1.54, 1.807) is 0 Å². The summed E-state index contributed by atoms with van der Waals surface area (Å²) in [6.45, 7) is 5.87. The number of anilines is 1. The highest BCUT2D eigenvalue weighted by molar-refractivity contribution is 5.35. The van der Waals surface area contributed by atoms with Crippen LogP contribution in [-0.4, -0.2) is 24.7 Å². The number of rotatable bonds is 7. The SMILES string of the molecule is CC(C)CCOCCNc1ncc(F)cc1F. The first-order chi connectivity index (χ1) is 8.09. The van der Waals surface area contributed by atoms with Crippen molar-refractivity contribution < 1.29 is 13.5 Å². The third-order valence-corrected chi connectivity index (χ3v) is 2.19. The standard InChI is InChI=1S/C12H18F2N2O/c1-9(2)3-5-17-6-4-15-12-11(14)7-10(13)8-16-12/h7-9H,3-6H2,1-2H3,(H,15,16). The first-order valence-electron chi connectivity index (χ1n) is 5.72. The maximum atomic E-state index is 13.1. The van der Waals surface area contributed by atoms with Crippen LogP contribution in [0.25, 0.3) is 0 Å². The van der Waals surface area contributed by atoms with Crippen LogP contribution in [-0.2, 0) is 4.74 Å². The minimum absolute atomic E-state index is 0.0545. The zero-order valence-corrected chi connectivity index (χ0v) is 10.2. The van der Waals surface area contributed by atoms with E-state index in [4.69, 9.17) is 4.74 Å². The second-order valence-corrected chi connectivity index (χ2v) is 4.21. The predicted molar refractivity (Wildman–Crippen MR) is 62.9 cm³/mol. The Balaban J connectivity index is 2.18. The van der Waals surface area contributed by atoms with Crippen LogP contribution in [0.5, 0.6) is 0 Å². The molecular formula is C12H18F2N2O. The fourth-order valence-electron chi connectivity index (χ4n) is 1.21. The molecule has 96 valence electrons. The molecule has 0 saturated carbocycles. The van der Waals surface area contributed by atoms with Gasteiger partial charge in [-0.3, -0.25) is 0 Å². The first kappa shape index (κ1) is 13.8. The number of hydrogen-bond acceptors (Lipinski definition) is 3. The third-order valence-electron chi connectivity index (χ3n) is 2.19. The number of nitrogens with one attached hydrogen (secondary N) is 1. The zero-order valence-electron chi connectivity index (χ0n) is 10.2. The Labute approximate surface area is 100 Å². The number of pyridine rings is 1. The molecule has 0 radical (unpaired) electrons. The summed E-state index contributed by atoms with van der Waals surface area (Å²) >= 11 is 0. The number of nitrogens with zero attached hydrogens (tertiary/aromatic N) is 1. The summed E-state index contributed by atoms with van der Waals surface area (Å²) in [5.74, 6) is -0.702. The van der Waals surface area contributed by atoms with Crippen LogP contribution < -0.4 is 5.32 Å². The van der Waals surface area contributed by atoms with Crippen LogP contribution >= 0.6 is 0 Å². The largest absolute Gasteiger partial charge is 0.380 e. The molecule has 0 unspecified atom stereocenters. The van der Waals surface area contributed by atoms with Gasteiger partial charge in [0.2, 0.25) is 0 Å². The van der Waals surface area contributed by atoms with E-state index >= 15 is 0 Å². The molecule has 0 aliphatic rings. The molecule has 0 aliphatic heterocycles. The molecule has 1 rings (SSSR count). The Morgan fingerprint density at radius 3 is 2.76 bits per heavy atom. The van der Waals surface area contributed by atoms with Crippen LogP contribution in [0.2, 0.25) is 0 Å². The molecule has 0 fully saturated rings. The van der Waals surface area contributed by atoms with Crippen molar-refractivity contribution in [2.75, 3.05) is 25.1 Å². The van der Waals surface area contributed by atoms with Crippen LogP contribution in [0.4, 0.5) is 14.6 Å². The molecule has 0 bridgehead atoms. The molecule has 3 nitrogen and oxygen atoms in total. The molecule has 1 aromatic heterocycles. The van der Waals surface area contributed by atoms with Crippen LogP contribution in [0.1, 0.15) is 20.3 Å². The summed E-state index contributed by atoms with van der Waals surface area (Å²) < 4.78 is 31.0. The lowest BCUT2D eigenvalue weighted by atomic mass is 10.1. The van der Waals surface area contributed by atoms with Crippen molar-refractivity contribution in [3.63, 3.8) is 0 Å². The van der Waals surface area contributed by atoms with Gasteiger partial charge >= 0.3 is 0 Å². The molecule has 1 heterocycles. The van der Waals surface area contributed by atoms with Gasteiger partial charge in [0.1, 0.15) is 5.82 Å². The molecule has 0 atom stereocenters. The van der Waals surface area contributed by atoms with Gasteiger partial charge in [-0.05, 0) is 12.3 Å². The van der Waals surface area contributed by atoms with Gasteiger partial charge in [0.05, 0.1) is 12.8 Å². The van der Waals surface area contributed by atoms with E-state index in [1.165, 1.54) is 0 Å². The van der Waals surface area contributed by atoms with Crippen molar-refractivity contribution in [2.45, 2.75) is 20.3 Å². The number of aromatic nitrogens is 1. The average Bonchev–Trinajstić information content (AvgIpc) is 2.25. The van der Waals surface area contributed by atoms with E-state index in [0.29, 0.717) is 25.7 Å². The minimum atomic E-state index is -0.688. The highest BCUT2D eigenvalue weighted by Crippen LogP contribution is 2.10. The predicted octanol–water partition coefficient (Wildman–Crippen LogP) is 2.83. The Morgan fingerprint density at radius 1 is 1.35 bits per heavy atom. The van der Waals surface area contributed by atoms with Crippen LogP contribution in [0, 0.1) is 17.6 Å². The monoisotopic (exact) mass is 244 g/mol. The van der Waals surface area contributed by atoms with E-state index < -0.39 is 11.6 Å². The van der Waals surface area contributed by atoms with E-state index in [1.807, 2.05) is 0 Å². The highest BCUT2D eigenvalue weighted by atomic mass is 19.1. The van der Waals surface area contributed by atoms with Gasteiger partial charge in [-0.15, -0.1) is 0 Å². The second kappa shape index (κ2) is 7.17. The number of hydrogen-bond donors (Lipinski definition) is 1. The third kappa shape index (κ3) is 5.58. The average molecular weight is 244 g/mol. The molecule has 1 N–H and O–H groups in total. The summed E-state index contributed by atoms with van der Waals surface area (Å²) in [6, 6.07) is 0.801.